The first kappa shape index (κ1) is 14.2. The van der Waals surface area contributed by atoms with E-state index in [1.165, 1.54) is 0 Å². The maximum Gasteiger partial charge on any atom is 0.251 e. The molecule has 1 aromatic carbocycles. The van der Waals surface area contributed by atoms with Gasteiger partial charge in [0.15, 0.2) is 0 Å². The van der Waals surface area contributed by atoms with Gasteiger partial charge in [-0.15, -0.1) is 0 Å². The summed E-state index contributed by atoms with van der Waals surface area (Å²) in [6.45, 7) is 1.37. The van der Waals surface area contributed by atoms with E-state index in [1.807, 2.05) is 43.4 Å². The van der Waals surface area contributed by atoms with E-state index in [-0.39, 0.29) is 6.42 Å². The second-order valence-electron chi connectivity index (χ2n) is 5.83. The zero-order chi connectivity index (χ0) is 14.9. The fourth-order valence-electron chi connectivity index (χ4n) is 2.53. The highest BCUT2D eigenvalue weighted by Gasteiger charge is 2.55. The lowest BCUT2D eigenvalue weighted by Gasteiger charge is -2.14. The van der Waals surface area contributed by atoms with E-state index in [9.17, 15) is 8.78 Å². The van der Waals surface area contributed by atoms with Crippen LogP contribution in [-0.2, 0) is 6.54 Å². The number of hydrogen-bond donors (Lipinski definition) is 1. The molecule has 0 saturated heterocycles. The van der Waals surface area contributed by atoms with E-state index in [1.54, 1.807) is 0 Å². The van der Waals surface area contributed by atoms with Gasteiger partial charge in [-0.2, -0.15) is 5.10 Å². The lowest BCUT2D eigenvalue weighted by atomic mass is 10.1. The van der Waals surface area contributed by atoms with E-state index in [2.05, 4.69) is 15.1 Å². The molecule has 1 heterocycles. The number of benzene rings is 1. The van der Waals surface area contributed by atoms with Crippen LogP contribution in [0, 0.1) is 5.92 Å². The molecular weight excluding hydrogens is 272 g/mol. The van der Waals surface area contributed by atoms with Gasteiger partial charge in [0.1, 0.15) is 0 Å². The molecule has 1 unspecified atom stereocenters. The number of nitrogens with one attached hydrogen (secondary N) is 1. The fourth-order valence-corrected chi connectivity index (χ4v) is 2.53. The van der Waals surface area contributed by atoms with Crippen molar-refractivity contribution in [2.45, 2.75) is 25.3 Å². The highest BCUT2D eigenvalue weighted by molar-refractivity contribution is 5.58. The van der Waals surface area contributed by atoms with Crippen molar-refractivity contribution in [3.8, 4) is 11.3 Å². The Balaban J connectivity index is 1.52. The number of aromatic amines is 1. The van der Waals surface area contributed by atoms with Crippen molar-refractivity contribution >= 4 is 0 Å². The normalized spacial score (nSPS) is 19.9. The number of alkyl halides is 2. The van der Waals surface area contributed by atoms with Crippen molar-refractivity contribution in [2.75, 3.05) is 13.6 Å². The molecule has 1 fully saturated rings. The van der Waals surface area contributed by atoms with Crippen molar-refractivity contribution < 1.29 is 8.78 Å². The summed E-state index contributed by atoms with van der Waals surface area (Å²) < 4.78 is 25.7. The van der Waals surface area contributed by atoms with Crippen LogP contribution in [0.1, 0.15) is 18.5 Å². The quantitative estimate of drug-likeness (QED) is 0.882. The molecule has 1 aromatic heterocycles. The number of rotatable bonds is 6. The Kier molecular flexibility index (Phi) is 3.76. The Labute approximate surface area is 123 Å². The largest absolute Gasteiger partial charge is 0.301 e. The summed E-state index contributed by atoms with van der Waals surface area (Å²) in [6, 6.07) is 12.0. The topological polar surface area (TPSA) is 31.9 Å². The Morgan fingerprint density at radius 1 is 1.33 bits per heavy atom. The van der Waals surface area contributed by atoms with Crippen LogP contribution in [0.15, 0.2) is 36.4 Å². The molecule has 1 N–H and O–H groups in total. The first-order chi connectivity index (χ1) is 10.0. The summed E-state index contributed by atoms with van der Waals surface area (Å²) in [7, 11) is 1.95. The van der Waals surface area contributed by atoms with Crippen LogP contribution in [0.5, 0.6) is 0 Å². The smallest absolute Gasteiger partial charge is 0.251 e. The molecular formula is C16H19F2N3. The van der Waals surface area contributed by atoms with Gasteiger partial charge in [0.05, 0.1) is 5.69 Å². The molecule has 3 rings (SSSR count). The Morgan fingerprint density at radius 3 is 2.71 bits per heavy atom. The van der Waals surface area contributed by atoms with Crippen molar-refractivity contribution in [3.05, 3.63) is 42.1 Å². The van der Waals surface area contributed by atoms with Crippen molar-refractivity contribution in [2.24, 2.45) is 5.92 Å². The van der Waals surface area contributed by atoms with Gasteiger partial charge in [-0.25, -0.2) is 8.78 Å². The highest BCUT2D eigenvalue weighted by Crippen LogP contribution is 2.50. The highest BCUT2D eigenvalue weighted by atomic mass is 19.3. The minimum absolute atomic E-state index is 0.0586. The first-order valence-corrected chi connectivity index (χ1v) is 7.21. The molecule has 0 aliphatic heterocycles. The lowest BCUT2D eigenvalue weighted by Crippen LogP contribution is -2.20. The monoisotopic (exact) mass is 291 g/mol. The third kappa shape index (κ3) is 3.47. The van der Waals surface area contributed by atoms with Gasteiger partial charge in [-0.05, 0) is 26.1 Å². The van der Waals surface area contributed by atoms with Crippen molar-refractivity contribution in [1.29, 1.82) is 0 Å². The molecule has 3 nitrogen and oxygen atoms in total. The summed E-state index contributed by atoms with van der Waals surface area (Å²) in [6.07, 6.45) is 0.617. The zero-order valence-electron chi connectivity index (χ0n) is 12.0. The Bertz CT molecular complexity index is 595. The van der Waals surface area contributed by atoms with Crippen molar-refractivity contribution in [1.82, 2.24) is 15.1 Å². The minimum Gasteiger partial charge on any atom is -0.301 e. The third-order valence-electron chi connectivity index (χ3n) is 3.96. The molecule has 1 atom stereocenters. The van der Waals surface area contributed by atoms with Crippen LogP contribution >= 0.6 is 0 Å². The molecule has 5 heteroatoms. The second kappa shape index (κ2) is 5.56. The number of hydrogen-bond acceptors (Lipinski definition) is 2. The predicted molar refractivity (Wildman–Crippen MR) is 78.0 cm³/mol. The van der Waals surface area contributed by atoms with Gasteiger partial charge < -0.3 is 4.90 Å². The number of halogens is 2. The second-order valence-corrected chi connectivity index (χ2v) is 5.83. The van der Waals surface area contributed by atoms with Crippen LogP contribution in [0.2, 0.25) is 0 Å². The van der Waals surface area contributed by atoms with E-state index in [0.717, 1.165) is 17.0 Å². The van der Waals surface area contributed by atoms with E-state index < -0.39 is 11.8 Å². The van der Waals surface area contributed by atoms with Gasteiger partial charge in [0.25, 0.3) is 5.92 Å². The predicted octanol–water partition coefficient (Wildman–Crippen LogP) is 3.55. The molecule has 1 aliphatic rings. The molecule has 1 aliphatic carbocycles. The number of nitrogens with zero attached hydrogens (tertiary/aromatic N) is 2. The SMILES string of the molecule is CN(CCC1CC1(F)F)Cc1cc(-c2ccccc2)n[nH]1. The standard InChI is InChI=1S/C16H19F2N3/c1-21(8-7-13-10-16(13,17)18)11-14-9-15(20-19-14)12-5-3-2-4-6-12/h2-6,9,13H,7-8,10-11H2,1H3,(H,19,20). The first-order valence-electron chi connectivity index (χ1n) is 7.21. The van der Waals surface area contributed by atoms with Crippen LogP contribution in [0.25, 0.3) is 11.3 Å². The lowest BCUT2D eigenvalue weighted by molar-refractivity contribution is 0.0943. The van der Waals surface area contributed by atoms with E-state index in [4.69, 9.17) is 0 Å². The van der Waals surface area contributed by atoms with Crippen molar-refractivity contribution in [3.63, 3.8) is 0 Å². The van der Waals surface area contributed by atoms with Gasteiger partial charge in [-0.1, -0.05) is 30.3 Å². The maximum atomic E-state index is 12.8. The fraction of sp³-hybridized carbons (Fsp3) is 0.438. The average molecular weight is 291 g/mol. The molecule has 0 amide bonds. The summed E-state index contributed by atoms with van der Waals surface area (Å²) >= 11 is 0. The Hall–Kier alpha value is -1.75. The van der Waals surface area contributed by atoms with Gasteiger partial charge in [0.2, 0.25) is 0 Å². The summed E-state index contributed by atoms with van der Waals surface area (Å²) in [5.41, 5.74) is 2.98. The van der Waals surface area contributed by atoms with Crippen LogP contribution in [0.3, 0.4) is 0 Å². The van der Waals surface area contributed by atoms with Crippen LogP contribution in [-0.4, -0.2) is 34.6 Å². The molecule has 0 spiro atoms. The molecule has 1 saturated carbocycles. The molecule has 112 valence electrons. The van der Waals surface area contributed by atoms with E-state index in [0.29, 0.717) is 19.5 Å². The average Bonchev–Trinajstić information content (AvgIpc) is 2.86. The third-order valence-corrected chi connectivity index (χ3v) is 3.96. The summed E-state index contributed by atoms with van der Waals surface area (Å²) in [5.74, 6) is -2.82. The summed E-state index contributed by atoms with van der Waals surface area (Å²) in [5, 5.41) is 7.31. The van der Waals surface area contributed by atoms with E-state index >= 15 is 0 Å². The van der Waals surface area contributed by atoms with Crippen LogP contribution < -0.4 is 0 Å². The van der Waals surface area contributed by atoms with Gasteiger partial charge >= 0.3 is 0 Å². The Morgan fingerprint density at radius 2 is 2.05 bits per heavy atom. The molecule has 21 heavy (non-hydrogen) atoms. The number of aromatic nitrogens is 2. The molecule has 2 aromatic rings. The van der Waals surface area contributed by atoms with Crippen LogP contribution in [0.4, 0.5) is 8.78 Å². The van der Waals surface area contributed by atoms with Gasteiger partial charge in [0, 0.05) is 30.1 Å². The summed E-state index contributed by atoms with van der Waals surface area (Å²) in [4.78, 5) is 2.05. The molecule has 0 bridgehead atoms. The van der Waals surface area contributed by atoms with Gasteiger partial charge in [-0.3, -0.25) is 5.10 Å². The molecule has 0 radical (unpaired) electrons. The maximum absolute atomic E-state index is 12.8. The minimum atomic E-state index is -2.41. The number of H-pyrrole nitrogens is 1. The zero-order valence-corrected chi connectivity index (χ0v) is 12.0.